The average Bonchev–Trinajstić information content (AvgIpc) is 3.02. The second-order valence-electron chi connectivity index (χ2n) is 4.89. The van der Waals surface area contributed by atoms with Crippen LogP contribution < -0.4 is 0 Å². The van der Waals surface area contributed by atoms with E-state index in [-0.39, 0.29) is 0 Å². The van der Waals surface area contributed by atoms with Gasteiger partial charge in [-0.1, -0.05) is 13.3 Å². The van der Waals surface area contributed by atoms with Crippen LogP contribution in [0.2, 0.25) is 0 Å². The van der Waals surface area contributed by atoms with E-state index in [1.165, 1.54) is 0 Å². The average molecular weight is 291 g/mol. The zero-order chi connectivity index (χ0) is 14.3. The third kappa shape index (κ3) is 1.96. The summed E-state index contributed by atoms with van der Waals surface area (Å²) in [6.45, 7) is 2.73. The molecule has 0 saturated heterocycles. The zero-order valence-corrected chi connectivity index (χ0v) is 12.6. The van der Waals surface area contributed by atoms with Gasteiger partial charge in [0.1, 0.15) is 11.8 Å². The van der Waals surface area contributed by atoms with E-state index in [0.717, 1.165) is 35.5 Å². The second-order valence-corrected chi connectivity index (χ2v) is 5.28. The first kappa shape index (κ1) is 13.0. The van der Waals surface area contributed by atoms with Crippen molar-refractivity contribution in [2.45, 2.75) is 26.3 Å². The van der Waals surface area contributed by atoms with Gasteiger partial charge in [0.25, 0.3) is 0 Å². The summed E-state index contributed by atoms with van der Waals surface area (Å²) < 4.78 is 6.47. The van der Waals surface area contributed by atoms with Crippen molar-refractivity contribution in [3.63, 3.8) is 0 Å². The number of hydrogen-bond donors (Lipinski definition) is 1. The molecule has 3 aromatic rings. The van der Waals surface area contributed by atoms with Gasteiger partial charge < -0.3 is 9.55 Å². The molecule has 106 valence electrons. The van der Waals surface area contributed by atoms with Crippen LogP contribution in [0.4, 0.5) is 0 Å². The Morgan fingerprint density at radius 2 is 2.15 bits per heavy atom. The molecule has 8 heteroatoms. The second kappa shape index (κ2) is 4.86. The van der Waals surface area contributed by atoms with Gasteiger partial charge in [-0.2, -0.15) is 5.10 Å². The number of rotatable bonds is 4. The number of hydrogen-bond acceptors (Lipinski definition) is 4. The molecule has 0 bridgehead atoms. The third-order valence-electron chi connectivity index (χ3n) is 3.41. The topological polar surface area (TPSA) is 69.2 Å². The van der Waals surface area contributed by atoms with Gasteiger partial charge in [-0.3, -0.25) is 9.25 Å². The molecular weight excluding hydrogens is 274 g/mol. The lowest BCUT2D eigenvalue weighted by Crippen LogP contribution is -2.08. The minimum Gasteiger partial charge on any atom is -0.328 e. The van der Waals surface area contributed by atoms with Crippen molar-refractivity contribution in [2.24, 2.45) is 14.1 Å². The van der Waals surface area contributed by atoms with E-state index in [1.807, 2.05) is 27.9 Å². The highest BCUT2D eigenvalue weighted by Gasteiger charge is 2.16. The van der Waals surface area contributed by atoms with E-state index in [1.54, 1.807) is 6.33 Å². The maximum atomic E-state index is 5.44. The molecule has 3 aromatic heterocycles. The maximum absolute atomic E-state index is 5.44. The van der Waals surface area contributed by atoms with Crippen LogP contribution in [0.5, 0.6) is 0 Å². The number of aromatic amines is 1. The Hall–Kier alpha value is -1.96. The van der Waals surface area contributed by atoms with Gasteiger partial charge >= 0.3 is 0 Å². The summed E-state index contributed by atoms with van der Waals surface area (Å²) >= 11 is 5.44. The summed E-state index contributed by atoms with van der Waals surface area (Å²) in [7, 11) is 3.87. The summed E-state index contributed by atoms with van der Waals surface area (Å²) in [5.41, 5.74) is 3.09. The van der Waals surface area contributed by atoms with Crippen LogP contribution in [0, 0.1) is 4.77 Å². The number of H-pyrrole nitrogens is 1. The van der Waals surface area contributed by atoms with Crippen LogP contribution in [-0.4, -0.2) is 34.1 Å². The van der Waals surface area contributed by atoms with E-state index in [4.69, 9.17) is 12.2 Å². The van der Waals surface area contributed by atoms with Crippen molar-refractivity contribution in [1.29, 1.82) is 0 Å². The fourth-order valence-corrected chi connectivity index (χ4v) is 2.68. The van der Waals surface area contributed by atoms with Crippen LogP contribution in [0.25, 0.3) is 11.2 Å². The fraction of sp³-hybridized carbons (Fsp3) is 0.500. The van der Waals surface area contributed by atoms with Crippen LogP contribution in [-0.2, 0) is 27.1 Å². The number of aromatic nitrogens is 7. The Kier molecular flexibility index (Phi) is 3.17. The monoisotopic (exact) mass is 291 g/mol. The molecule has 20 heavy (non-hydrogen) atoms. The quantitative estimate of drug-likeness (QED) is 0.741. The van der Waals surface area contributed by atoms with Gasteiger partial charge in [0.05, 0.1) is 12.2 Å². The molecule has 0 unspecified atom stereocenters. The zero-order valence-electron chi connectivity index (χ0n) is 11.8. The SMILES string of the molecule is CCCc1nn(C)c2c1[nH]c(=S)n2Cc1nncn1C. The third-order valence-corrected chi connectivity index (χ3v) is 3.74. The van der Waals surface area contributed by atoms with Crippen molar-refractivity contribution in [3.05, 3.63) is 22.6 Å². The van der Waals surface area contributed by atoms with Crippen molar-refractivity contribution >= 4 is 23.4 Å². The van der Waals surface area contributed by atoms with Crippen molar-refractivity contribution in [2.75, 3.05) is 0 Å². The highest BCUT2D eigenvalue weighted by atomic mass is 32.1. The molecule has 0 amide bonds. The lowest BCUT2D eigenvalue weighted by molar-refractivity contribution is 0.667. The Morgan fingerprint density at radius 3 is 2.80 bits per heavy atom. The number of imidazole rings is 1. The number of nitrogens with zero attached hydrogens (tertiary/aromatic N) is 6. The number of aryl methyl sites for hydroxylation is 3. The van der Waals surface area contributed by atoms with Gasteiger partial charge in [-0.15, -0.1) is 10.2 Å². The molecule has 0 aliphatic rings. The van der Waals surface area contributed by atoms with E-state index >= 15 is 0 Å². The standard InChI is InChI=1S/C12H17N7S/c1-4-5-8-10-11(18(3)16-8)19(12(20)14-10)6-9-15-13-7-17(9)2/h7H,4-6H2,1-3H3,(H,14,20). The number of fused-ring (bicyclic) bond motifs is 1. The molecule has 0 aliphatic heterocycles. The molecule has 0 saturated carbocycles. The molecule has 7 nitrogen and oxygen atoms in total. The molecule has 1 N–H and O–H groups in total. The fourth-order valence-electron chi connectivity index (χ4n) is 2.43. The molecule has 3 heterocycles. The summed E-state index contributed by atoms with van der Waals surface area (Å²) in [6.07, 6.45) is 3.69. The van der Waals surface area contributed by atoms with Crippen molar-refractivity contribution < 1.29 is 0 Å². The van der Waals surface area contributed by atoms with Crippen LogP contribution in [0.1, 0.15) is 24.9 Å². The van der Waals surface area contributed by atoms with E-state index in [9.17, 15) is 0 Å². The lowest BCUT2D eigenvalue weighted by Gasteiger charge is -2.04. The Balaban J connectivity index is 2.13. The Labute approximate surface area is 121 Å². The lowest BCUT2D eigenvalue weighted by atomic mass is 10.2. The molecule has 0 atom stereocenters. The van der Waals surface area contributed by atoms with Crippen LogP contribution >= 0.6 is 12.2 Å². The van der Waals surface area contributed by atoms with Crippen molar-refractivity contribution in [1.82, 2.24) is 34.1 Å². The molecule has 0 aliphatic carbocycles. The molecular formula is C12H17N7S. The first-order valence-corrected chi connectivity index (χ1v) is 7.00. The Morgan fingerprint density at radius 1 is 1.35 bits per heavy atom. The van der Waals surface area contributed by atoms with Gasteiger partial charge in [0.15, 0.2) is 16.2 Å². The van der Waals surface area contributed by atoms with Crippen LogP contribution in [0.15, 0.2) is 6.33 Å². The highest BCUT2D eigenvalue weighted by Crippen LogP contribution is 2.19. The smallest absolute Gasteiger partial charge is 0.179 e. The van der Waals surface area contributed by atoms with Crippen LogP contribution in [0.3, 0.4) is 0 Å². The van der Waals surface area contributed by atoms with Gasteiger partial charge in [-0.25, -0.2) is 0 Å². The van der Waals surface area contributed by atoms with E-state index in [0.29, 0.717) is 11.3 Å². The summed E-state index contributed by atoms with van der Waals surface area (Å²) in [5, 5.41) is 12.6. The normalized spacial score (nSPS) is 11.6. The first-order chi connectivity index (χ1) is 9.61. The first-order valence-electron chi connectivity index (χ1n) is 6.59. The van der Waals surface area contributed by atoms with E-state index < -0.39 is 0 Å². The predicted molar refractivity (Wildman–Crippen MR) is 78.0 cm³/mol. The molecule has 0 aromatic carbocycles. The summed E-state index contributed by atoms with van der Waals surface area (Å²) in [6, 6.07) is 0. The van der Waals surface area contributed by atoms with Gasteiger partial charge in [0.2, 0.25) is 0 Å². The minimum atomic E-state index is 0.584. The van der Waals surface area contributed by atoms with Gasteiger partial charge in [0, 0.05) is 14.1 Å². The largest absolute Gasteiger partial charge is 0.328 e. The Bertz CT molecular complexity index is 804. The summed E-state index contributed by atoms with van der Waals surface area (Å²) in [5.74, 6) is 0.861. The highest BCUT2D eigenvalue weighted by molar-refractivity contribution is 7.71. The summed E-state index contributed by atoms with van der Waals surface area (Å²) in [4.78, 5) is 3.27. The minimum absolute atomic E-state index is 0.584. The maximum Gasteiger partial charge on any atom is 0.179 e. The molecule has 0 spiro atoms. The molecule has 3 rings (SSSR count). The van der Waals surface area contributed by atoms with E-state index in [2.05, 4.69) is 27.2 Å². The predicted octanol–water partition coefficient (Wildman–Crippen LogP) is 1.56. The molecule has 0 radical (unpaired) electrons. The van der Waals surface area contributed by atoms with Gasteiger partial charge in [-0.05, 0) is 18.6 Å². The number of nitrogens with one attached hydrogen (secondary N) is 1. The van der Waals surface area contributed by atoms with Crippen molar-refractivity contribution in [3.8, 4) is 0 Å². The molecule has 0 fully saturated rings.